The average Bonchev–Trinajstić information content (AvgIpc) is 3.30. The largest absolute Gasteiger partial charge is 0.493 e. The summed E-state index contributed by atoms with van der Waals surface area (Å²) in [5.41, 5.74) is 0.846. The van der Waals surface area contributed by atoms with Gasteiger partial charge in [-0.2, -0.15) is 4.98 Å². The van der Waals surface area contributed by atoms with Gasteiger partial charge >= 0.3 is 0 Å². The van der Waals surface area contributed by atoms with Crippen molar-refractivity contribution in [3.8, 4) is 23.0 Å². The summed E-state index contributed by atoms with van der Waals surface area (Å²) in [5.74, 6) is 2.48. The first-order valence-corrected chi connectivity index (χ1v) is 9.98. The number of likely N-dealkylation sites (tertiary alicyclic amines) is 1. The van der Waals surface area contributed by atoms with Crippen LogP contribution in [0, 0.1) is 0 Å². The van der Waals surface area contributed by atoms with Crippen molar-refractivity contribution in [1.29, 1.82) is 0 Å². The highest BCUT2D eigenvalue weighted by molar-refractivity contribution is 5.81. The number of piperidine rings is 1. The molecule has 8 heteroatoms. The van der Waals surface area contributed by atoms with Crippen molar-refractivity contribution >= 4 is 5.91 Å². The minimum Gasteiger partial charge on any atom is -0.493 e. The third-order valence-electron chi connectivity index (χ3n) is 5.26. The van der Waals surface area contributed by atoms with Crippen LogP contribution in [-0.4, -0.2) is 52.2 Å². The van der Waals surface area contributed by atoms with Gasteiger partial charge in [-0.3, -0.25) is 9.78 Å². The normalized spacial score (nSPS) is 15.6. The van der Waals surface area contributed by atoms with Gasteiger partial charge in [-0.25, -0.2) is 0 Å². The molecular formula is C22H24N4O4. The van der Waals surface area contributed by atoms with Gasteiger partial charge in [0.05, 0.1) is 7.11 Å². The van der Waals surface area contributed by atoms with Gasteiger partial charge in [-0.15, -0.1) is 0 Å². The molecule has 1 unspecified atom stereocenters. The molecule has 1 aliphatic heterocycles. The lowest BCUT2D eigenvalue weighted by Gasteiger charge is -2.32. The molecule has 0 radical (unpaired) electrons. The Labute approximate surface area is 174 Å². The van der Waals surface area contributed by atoms with E-state index in [-0.39, 0.29) is 11.8 Å². The van der Waals surface area contributed by atoms with Crippen molar-refractivity contribution in [3.05, 3.63) is 54.6 Å². The second-order valence-electron chi connectivity index (χ2n) is 7.20. The third-order valence-corrected chi connectivity index (χ3v) is 5.26. The number of ether oxygens (including phenoxy) is 2. The number of hydrogen-bond acceptors (Lipinski definition) is 7. The van der Waals surface area contributed by atoms with Crippen molar-refractivity contribution in [3.63, 3.8) is 0 Å². The van der Waals surface area contributed by atoms with E-state index in [4.69, 9.17) is 14.0 Å². The lowest BCUT2D eigenvalue weighted by Crippen LogP contribution is -2.44. The summed E-state index contributed by atoms with van der Waals surface area (Å²) in [4.78, 5) is 23.2. The summed E-state index contributed by atoms with van der Waals surface area (Å²) in [6.07, 6.45) is 4.35. The van der Waals surface area contributed by atoms with E-state index in [1.807, 2.05) is 35.2 Å². The molecule has 0 bridgehead atoms. The summed E-state index contributed by atoms with van der Waals surface area (Å²) >= 11 is 0. The van der Waals surface area contributed by atoms with Crippen LogP contribution in [-0.2, 0) is 4.79 Å². The minimum absolute atomic E-state index is 0.0371. The molecule has 30 heavy (non-hydrogen) atoms. The van der Waals surface area contributed by atoms with E-state index in [2.05, 4.69) is 15.1 Å². The predicted octanol–water partition coefficient (Wildman–Crippen LogP) is 3.31. The number of nitrogens with zero attached hydrogens (tertiary/aromatic N) is 4. The summed E-state index contributed by atoms with van der Waals surface area (Å²) < 4.78 is 16.5. The van der Waals surface area contributed by atoms with Gasteiger partial charge in [0.25, 0.3) is 11.8 Å². The number of carbonyl (C=O) groups excluding carboxylic acids is 1. The van der Waals surface area contributed by atoms with Gasteiger partial charge in [0.15, 0.2) is 23.4 Å². The second-order valence-corrected chi connectivity index (χ2v) is 7.20. The second kappa shape index (κ2) is 8.94. The number of pyridine rings is 1. The lowest BCUT2D eigenvalue weighted by molar-refractivity contribution is -0.139. The van der Waals surface area contributed by atoms with E-state index in [0.29, 0.717) is 36.3 Å². The molecule has 1 amide bonds. The highest BCUT2D eigenvalue weighted by atomic mass is 16.5. The Kier molecular flexibility index (Phi) is 5.92. The minimum atomic E-state index is -0.596. The molecule has 1 aliphatic rings. The van der Waals surface area contributed by atoms with Crippen molar-refractivity contribution < 1.29 is 18.8 Å². The number of para-hydroxylation sites is 2. The number of amides is 1. The molecule has 1 fully saturated rings. The number of methoxy groups -OCH3 is 1. The van der Waals surface area contributed by atoms with Crippen LogP contribution in [0.1, 0.15) is 31.5 Å². The molecule has 3 aromatic rings. The maximum absolute atomic E-state index is 12.8. The van der Waals surface area contributed by atoms with Crippen LogP contribution in [0.4, 0.5) is 0 Å². The Balaban J connectivity index is 1.34. The van der Waals surface area contributed by atoms with E-state index < -0.39 is 6.10 Å². The molecular weight excluding hydrogens is 384 g/mol. The van der Waals surface area contributed by atoms with Crippen molar-refractivity contribution in [2.75, 3.05) is 20.2 Å². The fourth-order valence-corrected chi connectivity index (χ4v) is 3.58. The maximum Gasteiger partial charge on any atom is 0.263 e. The first kappa shape index (κ1) is 19.9. The Morgan fingerprint density at radius 1 is 1.13 bits per heavy atom. The Hall–Kier alpha value is -3.42. The summed E-state index contributed by atoms with van der Waals surface area (Å²) in [6.45, 7) is 3.02. The van der Waals surface area contributed by atoms with Crippen LogP contribution in [0.2, 0.25) is 0 Å². The first-order chi connectivity index (χ1) is 14.7. The van der Waals surface area contributed by atoms with E-state index in [1.54, 1.807) is 32.5 Å². The van der Waals surface area contributed by atoms with E-state index >= 15 is 0 Å². The molecule has 0 spiro atoms. The van der Waals surface area contributed by atoms with E-state index in [0.717, 1.165) is 18.4 Å². The summed E-state index contributed by atoms with van der Waals surface area (Å²) in [5, 5.41) is 4.15. The summed E-state index contributed by atoms with van der Waals surface area (Å²) in [7, 11) is 1.58. The quantitative estimate of drug-likeness (QED) is 0.618. The molecule has 0 aliphatic carbocycles. The maximum atomic E-state index is 12.8. The zero-order chi connectivity index (χ0) is 20.9. The molecule has 3 heterocycles. The highest BCUT2D eigenvalue weighted by Gasteiger charge is 2.30. The third kappa shape index (κ3) is 4.27. The van der Waals surface area contributed by atoms with E-state index in [1.165, 1.54) is 0 Å². The Morgan fingerprint density at radius 2 is 1.83 bits per heavy atom. The topological polar surface area (TPSA) is 90.6 Å². The van der Waals surface area contributed by atoms with Crippen LogP contribution >= 0.6 is 0 Å². The lowest BCUT2D eigenvalue weighted by atomic mass is 9.96. The van der Waals surface area contributed by atoms with Crippen molar-refractivity contribution in [2.45, 2.75) is 31.8 Å². The molecule has 0 saturated carbocycles. The zero-order valence-electron chi connectivity index (χ0n) is 17.0. The fourth-order valence-electron chi connectivity index (χ4n) is 3.58. The fraction of sp³-hybridized carbons (Fsp3) is 0.364. The van der Waals surface area contributed by atoms with Crippen LogP contribution in [0.25, 0.3) is 11.5 Å². The molecule has 1 atom stereocenters. The van der Waals surface area contributed by atoms with Gasteiger partial charge in [0.2, 0.25) is 0 Å². The zero-order valence-corrected chi connectivity index (χ0v) is 17.0. The SMILES string of the molecule is COc1ccccc1OC(C)C(=O)N1CCC(c2noc(-c3ccncc3)n2)CC1. The van der Waals surface area contributed by atoms with E-state index in [9.17, 15) is 4.79 Å². The molecule has 1 aromatic carbocycles. The number of benzene rings is 1. The molecule has 2 aromatic heterocycles. The van der Waals surface area contributed by atoms with Crippen LogP contribution in [0.5, 0.6) is 11.5 Å². The Bertz CT molecular complexity index is 984. The number of rotatable bonds is 6. The van der Waals surface area contributed by atoms with Gasteiger partial charge in [-0.1, -0.05) is 17.3 Å². The van der Waals surface area contributed by atoms with Crippen LogP contribution < -0.4 is 9.47 Å². The Morgan fingerprint density at radius 3 is 2.53 bits per heavy atom. The van der Waals surface area contributed by atoms with Gasteiger partial charge in [0.1, 0.15) is 0 Å². The first-order valence-electron chi connectivity index (χ1n) is 9.98. The number of carbonyl (C=O) groups is 1. The summed E-state index contributed by atoms with van der Waals surface area (Å²) in [6, 6.07) is 11.0. The number of hydrogen-bond donors (Lipinski definition) is 0. The van der Waals surface area contributed by atoms with Crippen LogP contribution in [0.3, 0.4) is 0 Å². The van der Waals surface area contributed by atoms with Gasteiger partial charge in [0, 0.05) is 37.0 Å². The van der Waals surface area contributed by atoms with Gasteiger partial charge < -0.3 is 18.9 Å². The molecule has 156 valence electrons. The molecule has 8 nitrogen and oxygen atoms in total. The standard InChI is InChI=1S/C22H24N4O4/c1-15(29-19-6-4-3-5-18(19)28-2)22(27)26-13-9-16(10-14-26)20-24-21(30-25-20)17-7-11-23-12-8-17/h3-8,11-12,15-16H,9-10,13-14H2,1-2H3. The average molecular weight is 408 g/mol. The smallest absolute Gasteiger partial charge is 0.263 e. The highest BCUT2D eigenvalue weighted by Crippen LogP contribution is 2.30. The predicted molar refractivity (Wildman–Crippen MR) is 109 cm³/mol. The van der Waals surface area contributed by atoms with Crippen molar-refractivity contribution in [1.82, 2.24) is 20.0 Å². The molecule has 1 saturated heterocycles. The number of aromatic nitrogens is 3. The molecule has 0 N–H and O–H groups in total. The molecule has 4 rings (SSSR count). The monoisotopic (exact) mass is 408 g/mol. The van der Waals surface area contributed by atoms with Crippen LogP contribution in [0.15, 0.2) is 53.3 Å². The van der Waals surface area contributed by atoms with Crippen molar-refractivity contribution in [2.24, 2.45) is 0 Å². The van der Waals surface area contributed by atoms with Gasteiger partial charge in [-0.05, 0) is 44.0 Å².